The molecule has 2 rings (SSSR count). The zero-order valence-corrected chi connectivity index (χ0v) is 11.9. The van der Waals surface area contributed by atoms with E-state index in [1.54, 1.807) is 39.2 Å². The van der Waals surface area contributed by atoms with E-state index in [1.165, 1.54) is 0 Å². The summed E-state index contributed by atoms with van der Waals surface area (Å²) in [5.74, 6) is 0.438. The molecular formula is C13H20N4O2. The van der Waals surface area contributed by atoms with E-state index in [-0.39, 0.29) is 0 Å². The number of ether oxygens (including phenoxy) is 1. The van der Waals surface area contributed by atoms with Gasteiger partial charge in [0.1, 0.15) is 11.4 Å². The smallest absolute Gasteiger partial charge is 0.413 e. The molecule has 2 N–H and O–H groups in total. The van der Waals surface area contributed by atoms with Gasteiger partial charge in [0, 0.05) is 5.39 Å². The van der Waals surface area contributed by atoms with Gasteiger partial charge in [-0.25, -0.2) is 9.78 Å². The van der Waals surface area contributed by atoms with Gasteiger partial charge in [-0.15, -0.1) is 0 Å². The topological polar surface area (TPSA) is 79.9 Å². The van der Waals surface area contributed by atoms with Gasteiger partial charge in [0.15, 0.2) is 0 Å². The number of anilines is 1. The average Bonchev–Trinajstić information content (AvgIpc) is 2.76. The van der Waals surface area contributed by atoms with Crippen molar-refractivity contribution in [2.24, 2.45) is 0 Å². The molecule has 0 aromatic carbocycles. The normalized spacial score (nSPS) is 10.6. The third kappa shape index (κ3) is 4.57. The minimum atomic E-state index is -0.524. The highest BCUT2D eigenvalue weighted by Gasteiger charge is 2.16. The number of rotatable bonds is 1. The van der Waals surface area contributed by atoms with Crippen LogP contribution >= 0.6 is 0 Å². The predicted octanol–water partition coefficient (Wildman–Crippen LogP) is 3.33. The Kier molecular flexibility index (Phi) is 4.86. The Bertz CT molecular complexity index is 543. The molecule has 0 fully saturated rings. The van der Waals surface area contributed by atoms with Crippen LogP contribution in [0.5, 0.6) is 0 Å². The maximum atomic E-state index is 11.5. The first-order chi connectivity index (χ1) is 8.94. The Labute approximate surface area is 112 Å². The van der Waals surface area contributed by atoms with E-state index in [1.807, 2.05) is 13.8 Å². The van der Waals surface area contributed by atoms with Crippen LogP contribution in [0.2, 0.25) is 0 Å². The number of aromatic nitrogens is 3. The van der Waals surface area contributed by atoms with Crippen LogP contribution in [0.15, 0.2) is 18.5 Å². The Morgan fingerprint density at radius 1 is 1.32 bits per heavy atom. The van der Waals surface area contributed by atoms with E-state index in [2.05, 4.69) is 20.5 Å². The third-order valence-corrected chi connectivity index (χ3v) is 1.95. The Hall–Kier alpha value is -2.11. The number of carbonyl (C=O) groups excluding carboxylic acids is 1. The van der Waals surface area contributed by atoms with Crippen molar-refractivity contribution >= 4 is 22.8 Å². The molecule has 2 aromatic heterocycles. The summed E-state index contributed by atoms with van der Waals surface area (Å²) in [5, 5.41) is 10.1. The number of aromatic amines is 1. The lowest BCUT2D eigenvalue weighted by molar-refractivity contribution is 0.0635. The average molecular weight is 264 g/mol. The van der Waals surface area contributed by atoms with Crippen molar-refractivity contribution in [2.75, 3.05) is 5.32 Å². The van der Waals surface area contributed by atoms with E-state index in [0.717, 1.165) is 10.9 Å². The van der Waals surface area contributed by atoms with Crippen molar-refractivity contribution in [2.45, 2.75) is 40.2 Å². The molecule has 1 amide bonds. The van der Waals surface area contributed by atoms with E-state index in [4.69, 9.17) is 4.74 Å². The summed E-state index contributed by atoms with van der Waals surface area (Å²) in [4.78, 5) is 15.6. The Balaban J connectivity index is 0.000000861. The number of amides is 1. The first-order valence-corrected chi connectivity index (χ1v) is 6.23. The summed E-state index contributed by atoms with van der Waals surface area (Å²) in [6.07, 6.45) is 2.75. The number of hydrogen-bond acceptors (Lipinski definition) is 4. The van der Waals surface area contributed by atoms with E-state index in [0.29, 0.717) is 5.82 Å². The van der Waals surface area contributed by atoms with Crippen LogP contribution in [0.3, 0.4) is 0 Å². The second-order valence-electron chi connectivity index (χ2n) is 4.65. The van der Waals surface area contributed by atoms with E-state index < -0.39 is 11.7 Å². The first kappa shape index (κ1) is 14.9. The molecule has 6 heteroatoms. The molecule has 2 aromatic rings. The molecule has 0 unspecified atom stereocenters. The van der Waals surface area contributed by atoms with Crippen LogP contribution in [0.1, 0.15) is 34.6 Å². The quantitative estimate of drug-likeness (QED) is 0.827. The largest absolute Gasteiger partial charge is 0.444 e. The number of pyridine rings is 1. The van der Waals surface area contributed by atoms with Crippen LogP contribution in [-0.2, 0) is 4.74 Å². The fourth-order valence-electron chi connectivity index (χ4n) is 1.32. The fraction of sp³-hybridized carbons (Fsp3) is 0.462. The van der Waals surface area contributed by atoms with Crippen LogP contribution in [-0.4, -0.2) is 26.9 Å². The lowest BCUT2D eigenvalue weighted by Crippen LogP contribution is -2.27. The molecule has 6 nitrogen and oxygen atoms in total. The fourth-order valence-corrected chi connectivity index (χ4v) is 1.32. The molecule has 2 heterocycles. The minimum Gasteiger partial charge on any atom is -0.444 e. The molecule has 0 bridgehead atoms. The van der Waals surface area contributed by atoms with Gasteiger partial charge >= 0.3 is 6.09 Å². The molecule has 0 aliphatic rings. The molecule has 0 aliphatic heterocycles. The lowest BCUT2D eigenvalue weighted by Gasteiger charge is -2.19. The number of nitrogens with zero attached hydrogens (tertiary/aromatic N) is 2. The van der Waals surface area contributed by atoms with Gasteiger partial charge < -0.3 is 4.74 Å². The minimum absolute atomic E-state index is 0.438. The van der Waals surface area contributed by atoms with Crippen LogP contribution in [0.4, 0.5) is 10.6 Å². The van der Waals surface area contributed by atoms with Gasteiger partial charge in [0.05, 0.1) is 17.9 Å². The highest BCUT2D eigenvalue weighted by Crippen LogP contribution is 2.14. The summed E-state index contributed by atoms with van der Waals surface area (Å²) in [7, 11) is 0. The summed E-state index contributed by atoms with van der Waals surface area (Å²) < 4.78 is 5.12. The third-order valence-electron chi connectivity index (χ3n) is 1.95. The van der Waals surface area contributed by atoms with Gasteiger partial charge in [-0.3, -0.25) is 10.4 Å². The Morgan fingerprint density at radius 3 is 2.63 bits per heavy atom. The number of H-pyrrole nitrogens is 1. The summed E-state index contributed by atoms with van der Waals surface area (Å²) in [5.41, 5.74) is 0.295. The highest BCUT2D eigenvalue weighted by atomic mass is 16.6. The monoisotopic (exact) mass is 264 g/mol. The van der Waals surface area contributed by atoms with Gasteiger partial charge in [0.25, 0.3) is 0 Å². The molecule has 104 valence electrons. The molecule has 0 saturated heterocycles. The second-order valence-corrected chi connectivity index (χ2v) is 4.65. The summed E-state index contributed by atoms with van der Waals surface area (Å²) >= 11 is 0. The number of carbonyl (C=O) groups is 1. The SMILES string of the molecule is CC.CC(C)(C)OC(=O)Nc1cc2cn[nH]c2cn1. The van der Waals surface area contributed by atoms with Crippen molar-refractivity contribution in [3.8, 4) is 0 Å². The number of hydrogen-bond donors (Lipinski definition) is 2. The van der Waals surface area contributed by atoms with Crippen molar-refractivity contribution in [3.63, 3.8) is 0 Å². The summed E-state index contributed by atoms with van der Waals surface area (Å²) in [6.45, 7) is 9.41. The second kappa shape index (κ2) is 6.17. The van der Waals surface area contributed by atoms with Gasteiger partial charge in [-0.2, -0.15) is 5.10 Å². The molecule has 19 heavy (non-hydrogen) atoms. The molecule has 0 radical (unpaired) electrons. The van der Waals surface area contributed by atoms with Crippen molar-refractivity contribution in [1.82, 2.24) is 15.2 Å². The zero-order chi connectivity index (χ0) is 14.5. The molecular weight excluding hydrogens is 244 g/mol. The van der Waals surface area contributed by atoms with Crippen LogP contribution in [0, 0.1) is 0 Å². The van der Waals surface area contributed by atoms with Gasteiger partial charge in [-0.1, -0.05) is 13.8 Å². The zero-order valence-electron chi connectivity index (χ0n) is 11.9. The highest BCUT2D eigenvalue weighted by molar-refractivity contribution is 5.87. The summed E-state index contributed by atoms with van der Waals surface area (Å²) in [6, 6.07) is 1.72. The van der Waals surface area contributed by atoms with Crippen molar-refractivity contribution in [1.29, 1.82) is 0 Å². The van der Waals surface area contributed by atoms with Crippen LogP contribution < -0.4 is 5.32 Å². The standard InChI is InChI=1S/C11H14N4O2.C2H6/c1-11(2,3)17-10(16)14-9-4-7-5-13-15-8(7)6-12-9;1-2/h4-6H,1-3H3,(H,13,15)(H,12,14,16);1-2H3. The van der Waals surface area contributed by atoms with Crippen molar-refractivity contribution < 1.29 is 9.53 Å². The molecule has 0 atom stereocenters. The number of fused-ring (bicyclic) bond motifs is 1. The maximum Gasteiger partial charge on any atom is 0.413 e. The van der Waals surface area contributed by atoms with E-state index >= 15 is 0 Å². The van der Waals surface area contributed by atoms with Gasteiger partial charge in [0.2, 0.25) is 0 Å². The Morgan fingerprint density at radius 2 is 2.00 bits per heavy atom. The van der Waals surface area contributed by atoms with Crippen LogP contribution in [0.25, 0.3) is 10.9 Å². The number of nitrogens with one attached hydrogen (secondary N) is 2. The van der Waals surface area contributed by atoms with E-state index in [9.17, 15) is 4.79 Å². The van der Waals surface area contributed by atoms with Gasteiger partial charge in [-0.05, 0) is 26.8 Å². The molecule has 0 aliphatic carbocycles. The van der Waals surface area contributed by atoms with Crippen molar-refractivity contribution in [3.05, 3.63) is 18.5 Å². The lowest BCUT2D eigenvalue weighted by atomic mass is 10.2. The maximum absolute atomic E-state index is 11.5. The molecule has 0 saturated carbocycles. The predicted molar refractivity (Wildman–Crippen MR) is 75.1 cm³/mol. The first-order valence-electron chi connectivity index (χ1n) is 6.23. The molecule has 0 spiro atoms.